The average Bonchev–Trinajstić information content (AvgIpc) is 2.80. The second-order valence-electron chi connectivity index (χ2n) is 7.66. The normalized spacial score (nSPS) is 16.8. The molecule has 0 spiro atoms. The van der Waals surface area contributed by atoms with Crippen LogP contribution in [-0.2, 0) is 6.42 Å². The van der Waals surface area contributed by atoms with Crippen LogP contribution in [0, 0.1) is 0 Å². The quantitative estimate of drug-likeness (QED) is 0.482. The summed E-state index contributed by atoms with van der Waals surface area (Å²) in [7, 11) is 0. The van der Waals surface area contributed by atoms with Crippen LogP contribution in [0.5, 0.6) is 0 Å². The Morgan fingerprint density at radius 1 is 0.862 bits per heavy atom. The number of fused-ring (bicyclic) bond motifs is 1. The molecule has 1 fully saturated rings. The summed E-state index contributed by atoms with van der Waals surface area (Å²) in [6, 6.07) is 23.6. The number of piperidine rings is 1. The highest BCUT2D eigenvalue weighted by atomic mass is 15.2. The lowest BCUT2D eigenvalue weighted by molar-refractivity contribution is 0.455. The Morgan fingerprint density at radius 3 is 2.59 bits per heavy atom. The van der Waals surface area contributed by atoms with Gasteiger partial charge in [0, 0.05) is 35.9 Å². The van der Waals surface area contributed by atoms with E-state index in [1.165, 1.54) is 24.8 Å². The molecular formula is C25H24N4. The van der Waals surface area contributed by atoms with E-state index in [-0.39, 0.29) is 0 Å². The maximum atomic E-state index is 5.06. The van der Waals surface area contributed by atoms with Crippen molar-refractivity contribution < 1.29 is 0 Å². The van der Waals surface area contributed by atoms with E-state index in [0.29, 0.717) is 6.04 Å². The van der Waals surface area contributed by atoms with Crippen LogP contribution >= 0.6 is 0 Å². The Labute approximate surface area is 171 Å². The molecule has 2 aromatic heterocycles. The molecule has 0 N–H and O–H groups in total. The van der Waals surface area contributed by atoms with E-state index in [1.807, 2.05) is 24.4 Å². The summed E-state index contributed by atoms with van der Waals surface area (Å²) in [5.41, 5.74) is 3.33. The fourth-order valence-electron chi connectivity index (χ4n) is 4.28. The fraction of sp³-hybridized carbons (Fsp3) is 0.240. The average molecular weight is 380 g/mol. The molecule has 1 unspecified atom stereocenters. The van der Waals surface area contributed by atoms with Crippen molar-refractivity contribution in [3.05, 3.63) is 84.7 Å². The van der Waals surface area contributed by atoms with Gasteiger partial charge in [-0.2, -0.15) is 0 Å². The van der Waals surface area contributed by atoms with Crippen LogP contribution in [-0.4, -0.2) is 27.5 Å². The summed E-state index contributed by atoms with van der Waals surface area (Å²) in [5.74, 6) is 1.80. The highest BCUT2D eigenvalue weighted by Gasteiger charge is 2.26. The molecule has 1 atom stereocenters. The van der Waals surface area contributed by atoms with Gasteiger partial charge in [-0.25, -0.2) is 9.97 Å². The predicted octanol–water partition coefficient (Wildman–Crippen LogP) is 5.29. The Bertz CT molecular complexity index is 1100. The van der Waals surface area contributed by atoms with Crippen LogP contribution < -0.4 is 4.90 Å². The lowest BCUT2D eigenvalue weighted by Crippen LogP contribution is -2.41. The van der Waals surface area contributed by atoms with Gasteiger partial charge in [-0.05, 0) is 55.5 Å². The van der Waals surface area contributed by atoms with Crippen LogP contribution in [0.2, 0.25) is 0 Å². The number of para-hydroxylation sites is 1. The number of rotatable bonds is 4. The smallest absolute Gasteiger partial charge is 0.163 e. The van der Waals surface area contributed by atoms with Crippen LogP contribution in [0.4, 0.5) is 5.82 Å². The van der Waals surface area contributed by atoms with E-state index >= 15 is 0 Å². The number of hydrogen-bond donors (Lipinski definition) is 0. The second-order valence-corrected chi connectivity index (χ2v) is 7.66. The molecule has 0 amide bonds. The van der Waals surface area contributed by atoms with Crippen LogP contribution in [0.3, 0.4) is 0 Å². The summed E-state index contributed by atoms with van der Waals surface area (Å²) in [5, 5.41) is 1.13. The zero-order chi connectivity index (χ0) is 19.5. The molecule has 2 aromatic carbocycles. The second kappa shape index (κ2) is 8.00. The van der Waals surface area contributed by atoms with Crippen molar-refractivity contribution in [2.45, 2.75) is 31.7 Å². The summed E-state index contributed by atoms with van der Waals surface area (Å²) >= 11 is 0. The van der Waals surface area contributed by atoms with Gasteiger partial charge in [-0.15, -0.1) is 0 Å². The van der Waals surface area contributed by atoms with E-state index < -0.39 is 0 Å². The van der Waals surface area contributed by atoms with Crippen molar-refractivity contribution in [1.82, 2.24) is 15.0 Å². The fourth-order valence-corrected chi connectivity index (χ4v) is 4.28. The molecule has 4 aromatic rings. The Kier molecular flexibility index (Phi) is 4.91. The Balaban J connectivity index is 1.60. The third-order valence-corrected chi connectivity index (χ3v) is 5.72. The standard InChI is InChI=1S/C25H24N4/c1-2-9-19(10-3-1)17-21-12-6-7-16-29(21)25-22-13-4-5-14-23(22)27-24(28-25)20-11-8-15-26-18-20/h1-5,8-11,13-15,18,21H,6-7,12,16-17H2. The summed E-state index contributed by atoms with van der Waals surface area (Å²) in [6.45, 7) is 1.03. The highest BCUT2D eigenvalue weighted by molar-refractivity contribution is 5.91. The maximum absolute atomic E-state index is 5.06. The minimum Gasteiger partial charge on any atom is -0.353 e. The van der Waals surface area contributed by atoms with E-state index in [1.54, 1.807) is 6.20 Å². The first-order chi connectivity index (χ1) is 14.4. The predicted molar refractivity (Wildman–Crippen MR) is 118 cm³/mol. The van der Waals surface area contributed by atoms with Crippen molar-refractivity contribution in [3.8, 4) is 11.4 Å². The summed E-state index contributed by atoms with van der Waals surface area (Å²) < 4.78 is 0. The number of aromatic nitrogens is 3. The molecule has 0 bridgehead atoms. The van der Waals surface area contributed by atoms with E-state index in [4.69, 9.17) is 9.97 Å². The molecule has 4 nitrogen and oxygen atoms in total. The van der Waals surface area contributed by atoms with Crippen LogP contribution in [0.15, 0.2) is 79.1 Å². The largest absolute Gasteiger partial charge is 0.353 e. The van der Waals surface area contributed by atoms with Crippen molar-refractivity contribution in [1.29, 1.82) is 0 Å². The van der Waals surface area contributed by atoms with Crippen molar-refractivity contribution in [2.24, 2.45) is 0 Å². The van der Waals surface area contributed by atoms with Crippen LogP contribution in [0.25, 0.3) is 22.3 Å². The molecule has 4 heteroatoms. The van der Waals surface area contributed by atoms with Gasteiger partial charge >= 0.3 is 0 Å². The third-order valence-electron chi connectivity index (χ3n) is 5.72. The van der Waals surface area contributed by atoms with Gasteiger partial charge in [-0.1, -0.05) is 42.5 Å². The molecular weight excluding hydrogens is 356 g/mol. The molecule has 0 aliphatic carbocycles. The highest BCUT2D eigenvalue weighted by Crippen LogP contribution is 2.32. The molecule has 0 radical (unpaired) electrons. The molecule has 144 valence electrons. The topological polar surface area (TPSA) is 41.9 Å². The lowest BCUT2D eigenvalue weighted by Gasteiger charge is -2.37. The van der Waals surface area contributed by atoms with Gasteiger partial charge in [0.05, 0.1) is 5.52 Å². The molecule has 0 saturated carbocycles. The number of benzene rings is 2. The number of pyridine rings is 1. The Morgan fingerprint density at radius 2 is 1.72 bits per heavy atom. The number of hydrogen-bond acceptors (Lipinski definition) is 4. The van der Waals surface area contributed by atoms with Gasteiger partial charge in [0.15, 0.2) is 5.82 Å². The van der Waals surface area contributed by atoms with Crippen molar-refractivity contribution >= 4 is 16.7 Å². The summed E-state index contributed by atoms with van der Waals surface area (Å²) in [4.78, 5) is 16.7. The zero-order valence-corrected chi connectivity index (χ0v) is 16.4. The van der Waals surface area contributed by atoms with Crippen molar-refractivity contribution in [3.63, 3.8) is 0 Å². The molecule has 5 rings (SSSR count). The van der Waals surface area contributed by atoms with Gasteiger partial charge in [0.25, 0.3) is 0 Å². The first-order valence-electron chi connectivity index (χ1n) is 10.4. The minimum absolute atomic E-state index is 0.450. The SMILES string of the molecule is c1ccc(CC2CCCCN2c2nc(-c3cccnc3)nc3ccccc23)cc1. The first-order valence-corrected chi connectivity index (χ1v) is 10.4. The van der Waals surface area contributed by atoms with Gasteiger partial charge in [0.2, 0.25) is 0 Å². The van der Waals surface area contributed by atoms with Crippen molar-refractivity contribution in [2.75, 3.05) is 11.4 Å². The lowest BCUT2D eigenvalue weighted by atomic mass is 9.95. The Hall–Kier alpha value is -3.27. The van der Waals surface area contributed by atoms with E-state index in [2.05, 4.69) is 58.4 Å². The third kappa shape index (κ3) is 3.70. The van der Waals surface area contributed by atoms with E-state index in [0.717, 1.165) is 41.1 Å². The van der Waals surface area contributed by atoms with E-state index in [9.17, 15) is 0 Å². The number of anilines is 1. The molecule has 1 aliphatic heterocycles. The molecule has 1 saturated heterocycles. The molecule has 29 heavy (non-hydrogen) atoms. The van der Waals surface area contributed by atoms with Gasteiger partial charge in [-0.3, -0.25) is 4.98 Å². The molecule has 1 aliphatic rings. The minimum atomic E-state index is 0.450. The molecule has 3 heterocycles. The monoisotopic (exact) mass is 380 g/mol. The van der Waals surface area contributed by atoms with Crippen LogP contribution in [0.1, 0.15) is 24.8 Å². The first kappa shape index (κ1) is 17.8. The maximum Gasteiger partial charge on any atom is 0.163 e. The van der Waals surface area contributed by atoms with Gasteiger partial charge in [0.1, 0.15) is 5.82 Å². The van der Waals surface area contributed by atoms with Gasteiger partial charge < -0.3 is 4.90 Å². The summed E-state index contributed by atoms with van der Waals surface area (Å²) in [6.07, 6.45) is 8.33. The number of nitrogens with zero attached hydrogens (tertiary/aromatic N) is 4. The zero-order valence-electron chi connectivity index (χ0n) is 16.4.